The largest absolute Gasteiger partial charge is 0.478 e. The van der Waals surface area contributed by atoms with E-state index >= 15 is 0 Å². The van der Waals surface area contributed by atoms with E-state index in [1.54, 1.807) is 12.1 Å². The molecule has 0 saturated carbocycles. The van der Waals surface area contributed by atoms with Crippen LogP contribution in [0.25, 0.3) is 16.9 Å². The first-order chi connectivity index (χ1) is 10.2. The quantitative estimate of drug-likeness (QED) is 0.801. The number of halogens is 1. The average molecular weight is 282 g/mol. The van der Waals surface area contributed by atoms with Crippen molar-refractivity contribution < 1.29 is 14.3 Å². The van der Waals surface area contributed by atoms with Gasteiger partial charge in [0.05, 0.1) is 17.6 Å². The smallest absolute Gasteiger partial charge is 0.339 e. The van der Waals surface area contributed by atoms with Crippen LogP contribution in [0.4, 0.5) is 4.39 Å². The molecular weight excluding hydrogens is 271 g/mol. The molecule has 21 heavy (non-hydrogen) atoms. The molecule has 1 N–H and O–H groups in total. The molecule has 0 saturated heterocycles. The molecule has 0 spiro atoms. The molecule has 2 aromatic carbocycles. The molecule has 5 heteroatoms. The van der Waals surface area contributed by atoms with Crippen LogP contribution in [0.5, 0.6) is 0 Å². The molecule has 3 aromatic rings. The zero-order valence-electron chi connectivity index (χ0n) is 10.9. The average Bonchev–Trinajstić information content (AvgIpc) is 2.94. The SMILES string of the molecule is O=C(O)c1cnn(-c2ccc(F)cc2)c1-c1ccccc1. The zero-order chi connectivity index (χ0) is 14.8. The maximum Gasteiger partial charge on any atom is 0.339 e. The molecule has 3 rings (SSSR count). The number of carbonyl (C=O) groups is 1. The number of aromatic carboxylic acids is 1. The van der Waals surface area contributed by atoms with Crippen LogP contribution >= 0.6 is 0 Å². The molecule has 0 fully saturated rings. The minimum atomic E-state index is -1.05. The second-order valence-corrected chi connectivity index (χ2v) is 4.47. The summed E-state index contributed by atoms with van der Waals surface area (Å²) in [6.07, 6.45) is 1.30. The molecule has 0 bridgehead atoms. The van der Waals surface area contributed by atoms with Gasteiger partial charge in [0, 0.05) is 5.56 Å². The lowest BCUT2D eigenvalue weighted by Gasteiger charge is -2.08. The number of hydrogen-bond donors (Lipinski definition) is 1. The zero-order valence-corrected chi connectivity index (χ0v) is 10.9. The van der Waals surface area contributed by atoms with Gasteiger partial charge in [-0.25, -0.2) is 13.9 Å². The van der Waals surface area contributed by atoms with Crippen molar-refractivity contribution in [3.05, 3.63) is 72.2 Å². The summed E-state index contributed by atoms with van der Waals surface area (Å²) in [6.45, 7) is 0. The molecule has 0 amide bonds. The van der Waals surface area contributed by atoms with Crippen molar-refractivity contribution >= 4 is 5.97 Å². The Balaban J connectivity index is 2.22. The highest BCUT2D eigenvalue weighted by molar-refractivity contribution is 5.95. The maximum atomic E-state index is 13.0. The van der Waals surface area contributed by atoms with E-state index in [0.29, 0.717) is 11.4 Å². The predicted molar refractivity (Wildman–Crippen MR) is 75.9 cm³/mol. The number of nitrogens with zero attached hydrogens (tertiary/aromatic N) is 2. The van der Waals surface area contributed by atoms with Crippen molar-refractivity contribution in [1.82, 2.24) is 9.78 Å². The Bertz CT molecular complexity index is 780. The first kappa shape index (κ1) is 13.1. The van der Waals surface area contributed by atoms with E-state index in [2.05, 4.69) is 5.10 Å². The minimum Gasteiger partial charge on any atom is -0.478 e. The number of hydrogen-bond acceptors (Lipinski definition) is 2. The second-order valence-electron chi connectivity index (χ2n) is 4.47. The normalized spacial score (nSPS) is 10.5. The Hall–Kier alpha value is -2.95. The number of aromatic nitrogens is 2. The summed E-state index contributed by atoms with van der Waals surface area (Å²) >= 11 is 0. The summed E-state index contributed by atoms with van der Waals surface area (Å²) in [6, 6.07) is 14.8. The Morgan fingerprint density at radius 3 is 2.33 bits per heavy atom. The molecule has 104 valence electrons. The Morgan fingerprint density at radius 2 is 1.71 bits per heavy atom. The molecule has 0 unspecified atom stereocenters. The highest BCUT2D eigenvalue weighted by atomic mass is 19.1. The molecular formula is C16H11FN2O2. The van der Waals surface area contributed by atoms with Gasteiger partial charge in [-0.2, -0.15) is 5.10 Å². The first-order valence-electron chi connectivity index (χ1n) is 6.29. The van der Waals surface area contributed by atoms with Crippen molar-refractivity contribution in [1.29, 1.82) is 0 Å². The molecule has 0 aliphatic rings. The molecule has 4 nitrogen and oxygen atoms in total. The number of benzene rings is 2. The third-order valence-electron chi connectivity index (χ3n) is 3.12. The summed E-state index contributed by atoms with van der Waals surface area (Å²) in [5.74, 6) is -1.41. The van der Waals surface area contributed by atoms with E-state index in [-0.39, 0.29) is 11.4 Å². The van der Waals surface area contributed by atoms with Crippen LogP contribution in [-0.2, 0) is 0 Å². The van der Waals surface area contributed by atoms with Crippen LogP contribution in [-0.4, -0.2) is 20.9 Å². The number of carboxylic acids is 1. The lowest BCUT2D eigenvalue weighted by atomic mass is 10.1. The van der Waals surface area contributed by atoms with Gasteiger partial charge >= 0.3 is 5.97 Å². The fourth-order valence-electron chi connectivity index (χ4n) is 2.16. The topological polar surface area (TPSA) is 55.1 Å². The van der Waals surface area contributed by atoms with Crippen molar-refractivity contribution in [3.8, 4) is 16.9 Å². The van der Waals surface area contributed by atoms with E-state index < -0.39 is 5.97 Å². The van der Waals surface area contributed by atoms with E-state index in [1.165, 1.54) is 23.0 Å². The van der Waals surface area contributed by atoms with Crippen LogP contribution in [0, 0.1) is 5.82 Å². The van der Waals surface area contributed by atoms with E-state index in [9.17, 15) is 14.3 Å². The van der Waals surface area contributed by atoms with Gasteiger partial charge in [0.15, 0.2) is 0 Å². The number of rotatable bonds is 3. The Kier molecular flexibility index (Phi) is 3.23. The summed E-state index contributed by atoms with van der Waals surface area (Å²) in [5.41, 5.74) is 1.90. The van der Waals surface area contributed by atoms with Crippen LogP contribution in [0.3, 0.4) is 0 Å². The maximum absolute atomic E-state index is 13.0. The van der Waals surface area contributed by atoms with Gasteiger partial charge in [-0.3, -0.25) is 0 Å². The summed E-state index contributed by atoms with van der Waals surface area (Å²) in [7, 11) is 0. The first-order valence-corrected chi connectivity index (χ1v) is 6.29. The molecule has 0 atom stereocenters. The fraction of sp³-hybridized carbons (Fsp3) is 0. The van der Waals surface area contributed by atoms with Gasteiger partial charge in [0.1, 0.15) is 11.4 Å². The van der Waals surface area contributed by atoms with Gasteiger partial charge < -0.3 is 5.11 Å². The van der Waals surface area contributed by atoms with Crippen LogP contribution < -0.4 is 0 Å². The standard InChI is InChI=1S/C16H11FN2O2/c17-12-6-8-13(9-7-12)19-15(11-4-2-1-3-5-11)14(10-18-19)16(20)21/h1-10H,(H,20,21). The van der Waals surface area contributed by atoms with Gasteiger partial charge in [-0.15, -0.1) is 0 Å². The Labute approximate surface area is 120 Å². The molecule has 0 radical (unpaired) electrons. The monoisotopic (exact) mass is 282 g/mol. The van der Waals surface area contributed by atoms with E-state index in [4.69, 9.17) is 0 Å². The minimum absolute atomic E-state index is 0.102. The van der Waals surface area contributed by atoms with Crippen molar-refractivity contribution in [2.75, 3.05) is 0 Å². The third kappa shape index (κ3) is 2.41. The lowest BCUT2D eigenvalue weighted by molar-refractivity contribution is 0.0697. The third-order valence-corrected chi connectivity index (χ3v) is 3.12. The lowest BCUT2D eigenvalue weighted by Crippen LogP contribution is -2.03. The highest BCUT2D eigenvalue weighted by Crippen LogP contribution is 2.26. The number of carboxylic acid groups (broad SMARTS) is 1. The van der Waals surface area contributed by atoms with Crippen molar-refractivity contribution in [2.45, 2.75) is 0 Å². The second kappa shape index (κ2) is 5.20. The summed E-state index contributed by atoms with van der Waals surface area (Å²) in [5, 5.41) is 13.4. The molecule has 1 heterocycles. The van der Waals surface area contributed by atoms with Gasteiger partial charge in [0.25, 0.3) is 0 Å². The summed E-state index contributed by atoms with van der Waals surface area (Å²) in [4.78, 5) is 11.4. The van der Waals surface area contributed by atoms with E-state index in [0.717, 1.165) is 5.56 Å². The fourth-order valence-corrected chi connectivity index (χ4v) is 2.16. The predicted octanol–water partition coefficient (Wildman–Crippen LogP) is 3.38. The van der Waals surface area contributed by atoms with Gasteiger partial charge in [-0.1, -0.05) is 30.3 Å². The van der Waals surface area contributed by atoms with Crippen LogP contribution in [0.15, 0.2) is 60.8 Å². The molecule has 0 aliphatic heterocycles. The highest BCUT2D eigenvalue weighted by Gasteiger charge is 2.19. The van der Waals surface area contributed by atoms with Gasteiger partial charge in [0.2, 0.25) is 0 Å². The van der Waals surface area contributed by atoms with Crippen LogP contribution in [0.2, 0.25) is 0 Å². The molecule has 1 aromatic heterocycles. The summed E-state index contributed by atoms with van der Waals surface area (Å²) < 4.78 is 14.5. The molecule has 0 aliphatic carbocycles. The van der Waals surface area contributed by atoms with Crippen LogP contribution in [0.1, 0.15) is 10.4 Å². The van der Waals surface area contributed by atoms with Crippen molar-refractivity contribution in [2.24, 2.45) is 0 Å². The van der Waals surface area contributed by atoms with Crippen molar-refractivity contribution in [3.63, 3.8) is 0 Å². The van der Waals surface area contributed by atoms with Gasteiger partial charge in [-0.05, 0) is 24.3 Å². The Morgan fingerprint density at radius 1 is 1.05 bits per heavy atom. The van der Waals surface area contributed by atoms with E-state index in [1.807, 2.05) is 30.3 Å².